The average molecular weight is 284 g/mol. The number of nitrogens with zero attached hydrogens (tertiary/aromatic N) is 3. The minimum Gasteiger partial charge on any atom is -0.314 e. The smallest absolute Gasteiger partial charge is 0.150 e. The Bertz CT molecular complexity index is 552. The third kappa shape index (κ3) is 2.97. The maximum atomic E-state index is 11.4. The van der Waals surface area contributed by atoms with Gasteiger partial charge in [-0.05, 0) is 31.7 Å². The molecule has 1 N–H and O–H groups in total. The number of rotatable bonds is 4. The van der Waals surface area contributed by atoms with Crippen molar-refractivity contribution in [1.82, 2.24) is 20.1 Å². The van der Waals surface area contributed by atoms with E-state index in [0.717, 1.165) is 37.6 Å². The summed E-state index contributed by atoms with van der Waals surface area (Å²) in [4.78, 5) is 0. The van der Waals surface area contributed by atoms with E-state index in [1.165, 1.54) is 12.8 Å². The van der Waals surface area contributed by atoms with Crippen LogP contribution in [-0.2, 0) is 29.3 Å². The fourth-order valence-electron chi connectivity index (χ4n) is 2.92. The number of fused-ring (bicyclic) bond motifs is 1. The molecule has 19 heavy (non-hydrogen) atoms. The van der Waals surface area contributed by atoms with Crippen molar-refractivity contribution < 1.29 is 8.42 Å². The molecular weight excluding hydrogens is 264 g/mol. The summed E-state index contributed by atoms with van der Waals surface area (Å²) in [5, 5.41) is 11.8. The van der Waals surface area contributed by atoms with Crippen LogP contribution in [0.4, 0.5) is 0 Å². The van der Waals surface area contributed by atoms with E-state index in [2.05, 4.69) is 20.1 Å². The van der Waals surface area contributed by atoms with Gasteiger partial charge >= 0.3 is 0 Å². The average Bonchev–Trinajstić information content (AvgIpc) is 2.94. The Hall–Kier alpha value is -0.950. The number of aromatic nitrogens is 3. The van der Waals surface area contributed by atoms with E-state index in [4.69, 9.17) is 0 Å². The molecule has 2 aliphatic heterocycles. The molecule has 0 aliphatic carbocycles. The van der Waals surface area contributed by atoms with E-state index in [-0.39, 0.29) is 5.92 Å². The molecule has 1 saturated heterocycles. The van der Waals surface area contributed by atoms with Gasteiger partial charge in [0.1, 0.15) is 11.6 Å². The second-order valence-corrected chi connectivity index (χ2v) is 7.77. The Morgan fingerprint density at radius 1 is 1.32 bits per heavy atom. The minimum atomic E-state index is -2.77. The molecule has 1 aromatic rings. The Balaban J connectivity index is 1.52. The molecule has 0 amide bonds. The topological polar surface area (TPSA) is 76.9 Å². The fourth-order valence-corrected chi connectivity index (χ4v) is 4.78. The summed E-state index contributed by atoms with van der Waals surface area (Å²) in [7, 11) is -2.77. The Morgan fingerprint density at radius 2 is 2.21 bits per heavy atom. The molecule has 0 radical (unpaired) electrons. The maximum absolute atomic E-state index is 11.4. The molecule has 1 aromatic heterocycles. The van der Waals surface area contributed by atoms with Crippen LogP contribution < -0.4 is 5.32 Å². The first-order chi connectivity index (χ1) is 9.14. The lowest BCUT2D eigenvalue weighted by Crippen LogP contribution is -2.25. The molecule has 1 atom stereocenters. The second-order valence-electron chi connectivity index (χ2n) is 5.54. The van der Waals surface area contributed by atoms with Gasteiger partial charge in [-0.25, -0.2) is 8.42 Å². The number of aryl methyl sites for hydroxylation is 1. The standard InChI is InChI=1S/C12H20N4O2S/c17-19(18)6-4-10(9-19)7-13-8-12-15-14-11-3-1-2-5-16(11)12/h10,13H,1-9H2. The SMILES string of the molecule is O=S1(=O)CCC(CNCc2nnc3n2CCCC3)C1. The van der Waals surface area contributed by atoms with Crippen molar-refractivity contribution in [2.24, 2.45) is 5.92 Å². The van der Waals surface area contributed by atoms with Crippen LogP contribution in [0.1, 0.15) is 30.9 Å². The summed E-state index contributed by atoms with van der Waals surface area (Å²) < 4.78 is 24.9. The van der Waals surface area contributed by atoms with Gasteiger partial charge in [0.2, 0.25) is 0 Å². The van der Waals surface area contributed by atoms with Crippen LogP contribution in [0.2, 0.25) is 0 Å². The maximum Gasteiger partial charge on any atom is 0.150 e. The molecule has 2 aliphatic rings. The lowest BCUT2D eigenvalue weighted by Gasteiger charge is -2.15. The molecule has 1 fully saturated rings. The molecule has 3 rings (SSSR count). The van der Waals surface area contributed by atoms with E-state index in [9.17, 15) is 8.42 Å². The molecule has 0 spiro atoms. The van der Waals surface area contributed by atoms with Gasteiger partial charge in [0, 0.05) is 13.0 Å². The van der Waals surface area contributed by atoms with Crippen LogP contribution in [0.15, 0.2) is 0 Å². The van der Waals surface area contributed by atoms with E-state index in [1.54, 1.807) is 0 Å². The highest BCUT2D eigenvalue weighted by Crippen LogP contribution is 2.18. The Labute approximate surface area is 113 Å². The number of nitrogens with one attached hydrogen (secondary N) is 1. The zero-order valence-electron chi connectivity index (χ0n) is 11.0. The van der Waals surface area contributed by atoms with E-state index >= 15 is 0 Å². The molecule has 1 unspecified atom stereocenters. The van der Waals surface area contributed by atoms with Gasteiger partial charge < -0.3 is 9.88 Å². The zero-order valence-corrected chi connectivity index (χ0v) is 11.8. The van der Waals surface area contributed by atoms with E-state index in [0.29, 0.717) is 18.1 Å². The molecule has 0 bridgehead atoms. The van der Waals surface area contributed by atoms with Crippen LogP contribution in [-0.4, -0.2) is 41.2 Å². The third-order valence-electron chi connectivity index (χ3n) is 3.98. The van der Waals surface area contributed by atoms with Crippen molar-refractivity contribution in [2.45, 2.75) is 38.8 Å². The van der Waals surface area contributed by atoms with Crippen LogP contribution >= 0.6 is 0 Å². The molecule has 0 aromatic carbocycles. The van der Waals surface area contributed by atoms with Gasteiger partial charge in [0.05, 0.1) is 18.1 Å². The molecule has 7 heteroatoms. The van der Waals surface area contributed by atoms with Gasteiger partial charge in [-0.3, -0.25) is 0 Å². The fraction of sp³-hybridized carbons (Fsp3) is 0.833. The van der Waals surface area contributed by atoms with Crippen LogP contribution in [0.3, 0.4) is 0 Å². The van der Waals surface area contributed by atoms with Crippen molar-refractivity contribution in [3.8, 4) is 0 Å². The van der Waals surface area contributed by atoms with Gasteiger partial charge in [-0.1, -0.05) is 0 Å². The predicted molar refractivity (Wildman–Crippen MR) is 71.4 cm³/mol. The first kappa shape index (κ1) is 13.1. The van der Waals surface area contributed by atoms with Gasteiger partial charge in [-0.2, -0.15) is 0 Å². The lowest BCUT2D eigenvalue weighted by atomic mass is 10.1. The summed E-state index contributed by atoms with van der Waals surface area (Å²) in [5.41, 5.74) is 0. The summed E-state index contributed by atoms with van der Waals surface area (Å²) in [6.45, 7) is 2.45. The quantitative estimate of drug-likeness (QED) is 0.851. The van der Waals surface area contributed by atoms with Crippen molar-refractivity contribution in [3.63, 3.8) is 0 Å². The highest BCUT2D eigenvalue weighted by atomic mass is 32.2. The molecular formula is C12H20N4O2S. The van der Waals surface area contributed by atoms with Gasteiger partial charge in [0.25, 0.3) is 0 Å². The normalized spacial score (nSPS) is 25.4. The van der Waals surface area contributed by atoms with E-state index in [1.807, 2.05) is 0 Å². The first-order valence-electron chi connectivity index (χ1n) is 6.96. The van der Waals surface area contributed by atoms with E-state index < -0.39 is 9.84 Å². The molecule has 3 heterocycles. The summed E-state index contributed by atoms with van der Waals surface area (Å²) in [6.07, 6.45) is 4.20. The minimum absolute atomic E-state index is 0.258. The summed E-state index contributed by atoms with van der Waals surface area (Å²) >= 11 is 0. The first-order valence-corrected chi connectivity index (χ1v) is 8.78. The highest BCUT2D eigenvalue weighted by molar-refractivity contribution is 7.91. The lowest BCUT2D eigenvalue weighted by molar-refractivity contribution is 0.477. The van der Waals surface area contributed by atoms with Crippen molar-refractivity contribution >= 4 is 9.84 Å². The number of sulfone groups is 1. The Morgan fingerprint density at radius 3 is 3.00 bits per heavy atom. The second kappa shape index (κ2) is 5.20. The monoisotopic (exact) mass is 284 g/mol. The van der Waals surface area contributed by atoms with Crippen molar-refractivity contribution in [1.29, 1.82) is 0 Å². The summed E-state index contributed by atoms with van der Waals surface area (Å²) in [5.74, 6) is 3.01. The molecule has 0 saturated carbocycles. The zero-order chi connectivity index (χ0) is 13.3. The van der Waals surface area contributed by atoms with Gasteiger partial charge in [-0.15, -0.1) is 10.2 Å². The third-order valence-corrected chi connectivity index (χ3v) is 5.82. The number of hydrogen-bond donors (Lipinski definition) is 1. The van der Waals surface area contributed by atoms with Crippen molar-refractivity contribution in [2.75, 3.05) is 18.1 Å². The molecule has 6 nitrogen and oxygen atoms in total. The Kier molecular flexibility index (Phi) is 3.58. The van der Waals surface area contributed by atoms with Crippen LogP contribution in [0.5, 0.6) is 0 Å². The number of hydrogen-bond acceptors (Lipinski definition) is 5. The molecule has 106 valence electrons. The summed E-state index contributed by atoms with van der Waals surface area (Å²) in [6, 6.07) is 0. The van der Waals surface area contributed by atoms with Crippen LogP contribution in [0.25, 0.3) is 0 Å². The van der Waals surface area contributed by atoms with Gasteiger partial charge in [0.15, 0.2) is 9.84 Å². The largest absolute Gasteiger partial charge is 0.314 e. The van der Waals surface area contributed by atoms with Crippen molar-refractivity contribution in [3.05, 3.63) is 11.6 Å². The predicted octanol–water partition coefficient (Wildman–Crippen LogP) is 0.139. The highest BCUT2D eigenvalue weighted by Gasteiger charge is 2.27. The van der Waals surface area contributed by atoms with Crippen LogP contribution in [0, 0.1) is 5.92 Å².